The van der Waals surface area contributed by atoms with Crippen molar-refractivity contribution in [3.63, 3.8) is 0 Å². The van der Waals surface area contributed by atoms with Crippen molar-refractivity contribution < 1.29 is 4.79 Å². The average Bonchev–Trinajstić information content (AvgIpc) is 2.91. The average molecular weight is 351 g/mol. The molecule has 0 saturated carbocycles. The first-order valence-electron chi connectivity index (χ1n) is 9.42. The minimum atomic E-state index is -0.0888. The fraction of sp³-hybridized carbons (Fsp3) is 0.429. The van der Waals surface area contributed by atoms with Crippen molar-refractivity contribution in [1.29, 1.82) is 0 Å². The van der Waals surface area contributed by atoms with Crippen molar-refractivity contribution in [2.45, 2.75) is 44.6 Å². The van der Waals surface area contributed by atoms with E-state index in [2.05, 4.69) is 35.8 Å². The van der Waals surface area contributed by atoms with Crippen molar-refractivity contribution in [2.24, 2.45) is 7.05 Å². The van der Waals surface area contributed by atoms with Gasteiger partial charge >= 0.3 is 0 Å². The SMILES string of the molecule is CC1CNc2c1c(C(=O)NC1CCCCc3ccccc31)cn(C)c2=O. The molecule has 2 aromatic rings. The fourth-order valence-electron chi connectivity index (χ4n) is 4.28. The van der Waals surface area contributed by atoms with Gasteiger partial charge in [-0.1, -0.05) is 37.6 Å². The molecule has 0 spiro atoms. The number of aromatic nitrogens is 1. The number of nitrogens with zero attached hydrogens (tertiary/aromatic N) is 1. The predicted octanol–water partition coefficient (Wildman–Crippen LogP) is 3.11. The van der Waals surface area contributed by atoms with Gasteiger partial charge in [-0.15, -0.1) is 0 Å². The summed E-state index contributed by atoms with van der Waals surface area (Å²) in [6.45, 7) is 2.75. The van der Waals surface area contributed by atoms with E-state index in [1.54, 1.807) is 13.2 Å². The Kier molecular flexibility index (Phi) is 4.31. The van der Waals surface area contributed by atoms with E-state index < -0.39 is 0 Å². The number of amides is 1. The zero-order chi connectivity index (χ0) is 18.3. The van der Waals surface area contributed by atoms with E-state index in [4.69, 9.17) is 0 Å². The lowest BCUT2D eigenvalue weighted by Gasteiger charge is -2.21. The summed E-state index contributed by atoms with van der Waals surface area (Å²) in [4.78, 5) is 25.5. The number of aryl methyl sites for hydroxylation is 2. The van der Waals surface area contributed by atoms with Crippen molar-refractivity contribution in [2.75, 3.05) is 11.9 Å². The van der Waals surface area contributed by atoms with E-state index in [0.29, 0.717) is 17.8 Å². The zero-order valence-corrected chi connectivity index (χ0v) is 15.3. The number of carbonyl (C=O) groups excluding carboxylic acids is 1. The van der Waals surface area contributed by atoms with Crippen LogP contribution >= 0.6 is 0 Å². The number of carbonyl (C=O) groups is 1. The fourth-order valence-corrected chi connectivity index (χ4v) is 4.28. The van der Waals surface area contributed by atoms with Gasteiger partial charge in [-0.05, 0) is 36.0 Å². The van der Waals surface area contributed by atoms with Crippen molar-refractivity contribution in [1.82, 2.24) is 9.88 Å². The Morgan fingerprint density at radius 2 is 2.08 bits per heavy atom. The lowest BCUT2D eigenvalue weighted by Crippen LogP contribution is -2.31. The summed E-state index contributed by atoms with van der Waals surface area (Å²) in [6, 6.07) is 8.42. The molecule has 5 heteroatoms. The summed E-state index contributed by atoms with van der Waals surface area (Å²) in [7, 11) is 1.70. The second-order valence-corrected chi connectivity index (χ2v) is 7.50. The van der Waals surface area contributed by atoms with Gasteiger partial charge in [0, 0.05) is 25.7 Å². The molecule has 1 amide bonds. The number of nitrogens with one attached hydrogen (secondary N) is 2. The minimum Gasteiger partial charge on any atom is -0.380 e. The Morgan fingerprint density at radius 1 is 1.27 bits per heavy atom. The van der Waals surface area contributed by atoms with Crippen LogP contribution < -0.4 is 16.2 Å². The molecule has 1 aromatic heterocycles. The van der Waals surface area contributed by atoms with Gasteiger partial charge in [0.1, 0.15) is 5.69 Å². The van der Waals surface area contributed by atoms with E-state index >= 15 is 0 Å². The van der Waals surface area contributed by atoms with Gasteiger partial charge in [0.15, 0.2) is 0 Å². The zero-order valence-electron chi connectivity index (χ0n) is 15.3. The van der Waals surface area contributed by atoms with E-state index in [1.807, 2.05) is 6.07 Å². The standard InChI is InChI=1S/C21H25N3O2/c1-13-11-22-19-18(13)16(12-24(2)21(19)26)20(25)23-17-10-6-4-8-14-7-3-5-9-15(14)17/h3,5,7,9,12-13,17,22H,4,6,8,10-11H2,1-2H3,(H,23,25). The molecule has 1 aliphatic heterocycles. The van der Waals surface area contributed by atoms with Crippen molar-refractivity contribution in [3.8, 4) is 0 Å². The summed E-state index contributed by atoms with van der Waals surface area (Å²) in [5.41, 5.74) is 4.53. The highest BCUT2D eigenvalue weighted by Gasteiger charge is 2.29. The molecule has 2 N–H and O–H groups in total. The van der Waals surface area contributed by atoms with Crippen molar-refractivity contribution >= 4 is 11.6 Å². The third-order valence-corrected chi connectivity index (χ3v) is 5.66. The van der Waals surface area contributed by atoms with Crippen LogP contribution in [0, 0.1) is 0 Å². The van der Waals surface area contributed by atoms with Crippen LogP contribution in [0.2, 0.25) is 0 Å². The maximum absolute atomic E-state index is 13.1. The molecule has 136 valence electrons. The first kappa shape index (κ1) is 16.9. The monoisotopic (exact) mass is 351 g/mol. The van der Waals surface area contributed by atoms with Gasteiger partial charge in [0.25, 0.3) is 11.5 Å². The Balaban J connectivity index is 1.69. The first-order valence-corrected chi connectivity index (χ1v) is 9.42. The molecule has 4 rings (SSSR count). The van der Waals surface area contributed by atoms with Crippen LogP contribution in [0.3, 0.4) is 0 Å². The molecule has 0 bridgehead atoms. The quantitative estimate of drug-likeness (QED) is 0.817. The first-order chi connectivity index (χ1) is 12.6. The number of hydrogen-bond acceptors (Lipinski definition) is 3. The topological polar surface area (TPSA) is 63.1 Å². The summed E-state index contributed by atoms with van der Waals surface area (Å²) in [6.07, 6.45) is 5.95. The second kappa shape index (κ2) is 6.63. The van der Waals surface area contributed by atoms with Crippen molar-refractivity contribution in [3.05, 3.63) is 63.1 Å². The normalized spacial score (nSPS) is 21.3. The van der Waals surface area contributed by atoms with Crippen LogP contribution in [0.15, 0.2) is 35.3 Å². The lowest BCUT2D eigenvalue weighted by atomic mass is 9.96. The molecule has 26 heavy (non-hydrogen) atoms. The van der Waals surface area contributed by atoms with Gasteiger partial charge in [0.2, 0.25) is 0 Å². The number of pyridine rings is 1. The third-order valence-electron chi connectivity index (χ3n) is 5.66. The molecule has 1 aromatic carbocycles. The highest BCUT2D eigenvalue weighted by Crippen LogP contribution is 2.33. The van der Waals surface area contributed by atoms with Crippen LogP contribution in [0.25, 0.3) is 0 Å². The number of fused-ring (bicyclic) bond motifs is 2. The van der Waals surface area contributed by atoms with E-state index in [1.165, 1.54) is 15.7 Å². The van der Waals surface area contributed by atoms with Crippen LogP contribution in [-0.2, 0) is 13.5 Å². The summed E-state index contributed by atoms with van der Waals surface area (Å²) in [5, 5.41) is 6.42. The van der Waals surface area contributed by atoms with Gasteiger partial charge in [0.05, 0.1) is 11.6 Å². The molecule has 5 nitrogen and oxygen atoms in total. The third kappa shape index (κ3) is 2.81. The lowest BCUT2D eigenvalue weighted by molar-refractivity contribution is 0.0932. The van der Waals surface area contributed by atoms with E-state index in [-0.39, 0.29) is 23.4 Å². The molecule has 2 unspecified atom stereocenters. The van der Waals surface area contributed by atoms with Crippen LogP contribution in [0.1, 0.15) is 65.2 Å². The number of hydrogen-bond donors (Lipinski definition) is 2. The van der Waals surface area contributed by atoms with Crippen LogP contribution in [0.5, 0.6) is 0 Å². The van der Waals surface area contributed by atoms with E-state index in [9.17, 15) is 9.59 Å². The molecule has 2 aliphatic rings. The Morgan fingerprint density at radius 3 is 2.92 bits per heavy atom. The molecular formula is C21H25N3O2. The van der Waals surface area contributed by atoms with Gasteiger partial charge < -0.3 is 15.2 Å². The largest absolute Gasteiger partial charge is 0.380 e. The van der Waals surface area contributed by atoms with Gasteiger partial charge in [-0.3, -0.25) is 9.59 Å². The summed E-state index contributed by atoms with van der Waals surface area (Å²) < 4.78 is 1.50. The van der Waals surface area contributed by atoms with Crippen LogP contribution in [-0.4, -0.2) is 17.0 Å². The summed E-state index contributed by atoms with van der Waals surface area (Å²) >= 11 is 0. The highest BCUT2D eigenvalue weighted by molar-refractivity contribution is 5.97. The van der Waals surface area contributed by atoms with E-state index in [0.717, 1.165) is 31.2 Å². The predicted molar refractivity (Wildman–Crippen MR) is 103 cm³/mol. The maximum atomic E-state index is 13.1. The Labute approximate surface area is 153 Å². The Bertz CT molecular complexity index is 916. The maximum Gasteiger partial charge on any atom is 0.273 e. The number of benzene rings is 1. The molecule has 0 saturated heterocycles. The molecule has 0 fully saturated rings. The molecule has 0 radical (unpaired) electrons. The molecule has 2 atom stereocenters. The van der Waals surface area contributed by atoms with Gasteiger partial charge in [-0.25, -0.2) is 0 Å². The molecular weight excluding hydrogens is 326 g/mol. The molecule has 1 aliphatic carbocycles. The Hall–Kier alpha value is -2.56. The summed E-state index contributed by atoms with van der Waals surface area (Å²) in [5.74, 6) is 0.0650. The highest BCUT2D eigenvalue weighted by atomic mass is 16.2. The minimum absolute atomic E-state index is 0.0266. The number of rotatable bonds is 2. The second-order valence-electron chi connectivity index (χ2n) is 7.50. The molecule has 2 heterocycles. The smallest absolute Gasteiger partial charge is 0.273 e. The van der Waals surface area contributed by atoms with Gasteiger partial charge in [-0.2, -0.15) is 0 Å². The number of anilines is 1. The van der Waals surface area contributed by atoms with Crippen LogP contribution in [0.4, 0.5) is 5.69 Å².